The van der Waals surface area contributed by atoms with E-state index in [1.54, 1.807) is 22.7 Å². The van der Waals surface area contributed by atoms with E-state index in [9.17, 15) is 4.79 Å². The number of thiazole rings is 2. The Morgan fingerprint density at radius 1 is 0.943 bits per heavy atom. The standard InChI is InChI=1S/C29H26N3OS2/c1-4-31-25(34-24-17-15-19-10-6-8-12-21(19)27(24)31)18-26-32(5-2)29(33)28(35-26)23-16-14-20-11-7-9-13-22(20)30(23)3/h6-18H,4-5H2,1-3H3/q+1. The summed E-state index contributed by atoms with van der Waals surface area (Å²) >= 11 is 3.37. The molecule has 0 unspecified atom stereocenters. The molecule has 0 N–H and O–H groups in total. The molecule has 35 heavy (non-hydrogen) atoms. The van der Waals surface area contributed by atoms with Gasteiger partial charge in [-0.15, -0.1) is 11.3 Å². The third-order valence-electron chi connectivity index (χ3n) is 6.72. The van der Waals surface area contributed by atoms with Crippen molar-refractivity contribution in [2.45, 2.75) is 26.9 Å². The zero-order valence-corrected chi connectivity index (χ0v) is 21.6. The molecule has 3 aromatic carbocycles. The maximum absolute atomic E-state index is 13.5. The van der Waals surface area contributed by atoms with Crippen LogP contribution >= 0.6 is 22.7 Å². The number of hydrogen-bond acceptors (Lipinski definition) is 4. The van der Waals surface area contributed by atoms with Crippen molar-refractivity contribution in [3.05, 3.63) is 96.9 Å². The minimum atomic E-state index is 0.0734. The molecule has 6 rings (SSSR count). The van der Waals surface area contributed by atoms with E-state index in [0.717, 1.165) is 32.1 Å². The van der Waals surface area contributed by atoms with Gasteiger partial charge in [0.25, 0.3) is 10.6 Å². The molecule has 0 radical (unpaired) electrons. The molecule has 0 spiro atoms. The molecule has 6 heteroatoms. The van der Waals surface area contributed by atoms with E-state index >= 15 is 0 Å². The van der Waals surface area contributed by atoms with Crippen molar-refractivity contribution >= 4 is 67.2 Å². The fourth-order valence-electron chi connectivity index (χ4n) is 4.97. The van der Waals surface area contributed by atoms with Gasteiger partial charge in [0, 0.05) is 19.3 Å². The summed E-state index contributed by atoms with van der Waals surface area (Å²) < 4.78 is 7.31. The number of hydrogen-bond donors (Lipinski definition) is 0. The second kappa shape index (κ2) is 8.63. The number of fused-ring (bicyclic) bond motifs is 4. The van der Waals surface area contributed by atoms with Crippen molar-refractivity contribution in [2.24, 2.45) is 0 Å². The van der Waals surface area contributed by atoms with Crippen molar-refractivity contribution in [2.75, 3.05) is 11.9 Å². The summed E-state index contributed by atoms with van der Waals surface area (Å²) in [6.07, 6.45) is 6.37. The summed E-state index contributed by atoms with van der Waals surface area (Å²) in [5.41, 5.74) is 4.58. The number of para-hydroxylation sites is 1. The average Bonchev–Trinajstić information content (AvgIpc) is 3.40. The first kappa shape index (κ1) is 22.0. The molecule has 174 valence electrons. The molecular formula is C29H26N3OS2+. The van der Waals surface area contributed by atoms with Crippen LogP contribution in [0, 0.1) is 0 Å². The lowest BCUT2D eigenvalue weighted by atomic mass is 10.1. The highest BCUT2D eigenvalue weighted by Gasteiger charge is 2.21. The lowest BCUT2D eigenvalue weighted by Crippen LogP contribution is -2.36. The molecule has 0 amide bonds. The van der Waals surface area contributed by atoms with Crippen LogP contribution in [0.1, 0.15) is 24.4 Å². The Hall–Kier alpha value is -3.48. The van der Waals surface area contributed by atoms with Crippen LogP contribution < -0.4 is 24.2 Å². The van der Waals surface area contributed by atoms with Crippen LogP contribution in [-0.4, -0.2) is 11.6 Å². The molecule has 0 bridgehead atoms. The van der Waals surface area contributed by atoms with Gasteiger partial charge in [-0.05, 0) is 49.1 Å². The highest BCUT2D eigenvalue weighted by molar-refractivity contribution is 7.19. The van der Waals surface area contributed by atoms with Gasteiger partial charge < -0.3 is 4.90 Å². The van der Waals surface area contributed by atoms with E-state index in [-0.39, 0.29) is 5.56 Å². The monoisotopic (exact) mass is 496 g/mol. The van der Waals surface area contributed by atoms with Crippen LogP contribution in [0.4, 0.5) is 5.69 Å². The van der Waals surface area contributed by atoms with Crippen LogP contribution in [0.5, 0.6) is 0 Å². The number of likely N-dealkylation sites (N-methyl/N-ethyl adjacent to an activating group) is 1. The summed E-state index contributed by atoms with van der Waals surface area (Å²) in [6, 6.07) is 21.3. The number of benzene rings is 3. The van der Waals surface area contributed by atoms with E-state index in [1.807, 2.05) is 30.7 Å². The van der Waals surface area contributed by atoms with Crippen LogP contribution in [0.2, 0.25) is 0 Å². The smallest absolute Gasteiger partial charge is 0.271 e. The number of nitrogens with zero attached hydrogens (tertiary/aromatic N) is 3. The second-order valence-electron chi connectivity index (χ2n) is 8.62. The van der Waals surface area contributed by atoms with Gasteiger partial charge in [-0.3, -0.25) is 9.36 Å². The summed E-state index contributed by atoms with van der Waals surface area (Å²) in [4.78, 5) is 15.7. The molecule has 5 aromatic rings. The average molecular weight is 497 g/mol. The van der Waals surface area contributed by atoms with Gasteiger partial charge >= 0.3 is 0 Å². The molecule has 3 heterocycles. The number of rotatable bonds is 3. The predicted molar refractivity (Wildman–Crippen MR) is 150 cm³/mol. The lowest BCUT2D eigenvalue weighted by molar-refractivity contribution is -0.664. The van der Waals surface area contributed by atoms with Crippen molar-refractivity contribution in [1.82, 2.24) is 4.57 Å². The SMILES string of the molecule is CCn1c(=Cc2sc3ccc4ccccc4c3[n+]2CC)sc(=C2C=Cc3ccccc3N2C)c1=O. The minimum Gasteiger partial charge on any atom is -0.343 e. The first-order chi connectivity index (χ1) is 17.1. The second-order valence-corrected chi connectivity index (χ2v) is 10.7. The molecule has 0 saturated heterocycles. The molecule has 2 aromatic heterocycles. The van der Waals surface area contributed by atoms with E-state index in [2.05, 4.69) is 83.1 Å². The van der Waals surface area contributed by atoms with Crippen molar-refractivity contribution in [3.63, 3.8) is 0 Å². The Kier molecular flexibility index (Phi) is 5.43. The number of aromatic nitrogens is 2. The highest BCUT2D eigenvalue weighted by atomic mass is 32.1. The van der Waals surface area contributed by atoms with Gasteiger partial charge in [-0.2, -0.15) is 4.57 Å². The van der Waals surface area contributed by atoms with Crippen LogP contribution in [0.15, 0.2) is 71.5 Å². The molecule has 0 saturated carbocycles. The van der Waals surface area contributed by atoms with Gasteiger partial charge in [0.2, 0.25) is 5.52 Å². The lowest BCUT2D eigenvalue weighted by Gasteiger charge is -2.25. The Labute approximate surface area is 211 Å². The Morgan fingerprint density at radius 3 is 2.57 bits per heavy atom. The maximum Gasteiger partial charge on any atom is 0.271 e. The molecule has 4 nitrogen and oxygen atoms in total. The number of anilines is 1. The van der Waals surface area contributed by atoms with Crippen molar-refractivity contribution < 1.29 is 4.57 Å². The van der Waals surface area contributed by atoms with Crippen LogP contribution in [0.25, 0.3) is 38.8 Å². The van der Waals surface area contributed by atoms with Crippen molar-refractivity contribution in [3.8, 4) is 0 Å². The van der Waals surface area contributed by atoms with Gasteiger partial charge in [-0.25, -0.2) is 0 Å². The molecule has 0 fully saturated rings. The fraction of sp³-hybridized carbons (Fsp3) is 0.172. The molecule has 0 aliphatic carbocycles. The van der Waals surface area contributed by atoms with Gasteiger partial charge in [0.1, 0.15) is 20.4 Å². The maximum atomic E-state index is 13.5. The molecule has 0 atom stereocenters. The molecule has 1 aliphatic rings. The van der Waals surface area contributed by atoms with Gasteiger partial charge in [0.05, 0.1) is 17.2 Å². The van der Waals surface area contributed by atoms with Crippen molar-refractivity contribution in [1.29, 1.82) is 0 Å². The van der Waals surface area contributed by atoms with E-state index in [0.29, 0.717) is 6.54 Å². The Balaban J connectivity index is 1.60. The summed E-state index contributed by atoms with van der Waals surface area (Å²) in [5.74, 6) is 0. The third kappa shape index (κ3) is 3.48. The Bertz CT molecular complexity index is 1820. The van der Waals surface area contributed by atoms with E-state index in [4.69, 9.17) is 0 Å². The molecular weight excluding hydrogens is 470 g/mol. The summed E-state index contributed by atoms with van der Waals surface area (Å²) in [5, 5.41) is 3.68. The summed E-state index contributed by atoms with van der Waals surface area (Å²) in [7, 11) is 2.04. The van der Waals surface area contributed by atoms with E-state index in [1.165, 1.54) is 26.6 Å². The normalized spacial score (nSPS) is 15.4. The predicted octanol–water partition coefficient (Wildman–Crippen LogP) is 4.71. The zero-order chi connectivity index (χ0) is 24.1. The van der Waals surface area contributed by atoms with Gasteiger partial charge in [0.15, 0.2) is 0 Å². The first-order valence-electron chi connectivity index (χ1n) is 11.9. The van der Waals surface area contributed by atoms with E-state index < -0.39 is 0 Å². The first-order valence-corrected chi connectivity index (χ1v) is 13.5. The summed E-state index contributed by atoms with van der Waals surface area (Å²) in [6.45, 7) is 5.74. The topological polar surface area (TPSA) is 29.1 Å². The van der Waals surface area contributed by atoms with Crippen LogP contribution in [-0.2, 0) is 13.1 Å². The number of aryl methyl sites for hydroxylation is 1. The van der Waals surface area contributed by atoms with Crippen LogP contribution in [0.3, 0.4) is 0 Å². The zero-order valence-electron chi connectivity index (χ0n) is 20.0. The third-order valence-corrected chi connectivity index (χ3v) is 8.95. The fourth-order valence-corrected chi connectivity index (χ4v) is 7.43. The van der Waals surface area contributed by atoms with Gasteiger partial charge in [-0.1, -0.05) is 59.9 Å². The largest absolute Gasteiger partial charge is 0.343 e. The molecule has 1 aliphatic heterocycles. The highest BCUT2D eigenvalue weighted by Crippen LogP contribution is 2.30. The minimum absolute atomic E-state index is 0.0734. The quantitative estimate of drug-likeness (QED) is 0.339. The Morgan fingerprint density at radius 2 is 1.74 bits per heavy atom.